The summed E-state index contributed by atoms with van der Waals surface area (Å²) in [6, 6.07) is 32.3. The van der Waals surface area contributed by atoms with E-state index in [1.807, 2.05) is 60.7 Å². The van der Waals surface area contributed by atoms with Crippen LogP contribution in [0.4, 0.5) is 0 Å². The molecule has 1 heterocycles. The molecule has 0 radical (unpaired) electrons. The van der Waals surface area contributed by atoms with E-state index in [4.69, 9.17) is 9.57 Å². The standard InChI is InChI=1S/C29H21NO5/c31-27-24-17-9-10-18-25(24)28(32)30(27)34-19-22-15-7-8-16-23(22)29(33)35-26(20-11-3-1-4-12-20)21-13-5-2-6-14-21/h1-18,26H,19H2. The first kappa shape index (κ1) is 22.3. The third-order valence-electron chi connectivity index (χ3n) is 5.77. The molecule has 5 rings (SSSR count). The second-order valence-electron chi connectivity index (χ2n) is 7.99. The Hall–Kier alpha value is -4.55. The molecule has 0 bridgehead atoms. The van der Waals surface area contributed by atoms with Gasteiger partial charge in [0.2, 0.25) is 0 Å². The number of fused-ring (bicyclic) bond motifs is 1. The summed E-state index contributed by atoms with van der Waals surface area (Å²) in [5, 5.41) is 0.740. The molecule has 0 unspecified atom stereocenters. The fraction of sp³-hybridized carbons (Fsp3) is 0.0690. The van der Waals surface area contributed by atoms with Gasteiger partial charge in [-0.15, -0.1) is 5.06 Å². The average Bonchev–Trinajstić information content (AvgIpc) is 3.16. The highest BCUT2D eigenvalue weighted by Gasteiger charge is 2.36. The highest BCUT2D eigenvalue weighted by molar-refractivity contribution is 6.20. The van der Waals surface area contributed by atoms with Gasteiger partial charge in [0.05, 0.1) is 16.7 Å². The highest BCUT2D eigenvalue weighted by Crippen LogP contribution is 2.28. The van der Waals surface area contributed by atoms with Crippen LogP contribution in [0.1, 0.15) is 53.9 Å². The summed E-state index contributed by atoms with van der Waals surface area (Å²) in [5.41, 5.74) is 3.05. The molecule has 0 aromatic heterocycles. The van der Waals surface area contributed by atoms with Crippen LogP contribution in [-0.2, 0) is 16.2 Å². The van der Waals surface area contributed by atoms with Crippen molar-refractivity contribution >= 4 is 17.8 Å². The first-order valence-corrected chi connectivity index (χ1v) is 11.1. The van der Waals surface area contributed by atoms with Crippen LogP contribution in [0, 0.1) is 0 Å². The summed E-state index contributed by atoms with van der Waals surface area (Å²) < 4.78 is 5.97. The fourth-order valence-electron chi connectivity index (χ4n) is 4.02. The van der Waals surface area contributed by atoms with E-state index in [0.717, 1.165) is 16.2 Å². The number of hydrogen-bond donors (Lipinski definition) is 0. The number of carbonyl (C=O) groups is 3. The maximum atomic E-state index is 13.3. The number of benzene rings is 4. The summed E-state index contributed by atoms with van der Waals surface area (Å²) >= 11 is 0. The third-order valence-corrected chi connectivity index (χ3v) is 5.77. The lowest BCUT2D eigenvalue weighted by molar-refractivity contribution is -0.101. The topological polar surface area (TPSA) is 72.9 Å². The molecule has 0 N–H and O–H groups in total. The molecular formula is C29H21NO5. The molecule has 0 fully saturated rings. The number of rotatable bonds is 7. The molecular weight excluding hydrogens is 442 g/mol. The van der Waals surface area contributed by atoms with E-state index in [2.05, 4.69) is 0 Å². The zero-order valence-electron chi connectivity index (χ0n) is 18.7. The predicted molar refractivity (Wildman–Crippen MR) is 128 cm³/mol. The van der Waals surface area contributed by atoms with E-state index in [1.165, 1.54) is 0 Å². The van der Waals surface area contributed by atoms with Gasteiger partial charge in [-0.25, -0.2) is 4.79 Å². The van der Waals surface area contributed by atoms with Crippen LogP contribution in [0.15, 0.2) is 109 Å². The molecule has 0 saturated carbocycles. The van der Waals surface area contributed by atoms with Gasteiger partial charge in [0.25, 0.3) is 11.8 Å². The lowest BCUT2D eigenvalue weighted by Crippen LogP contribution is -2.30. The van der Waals surface area contributed by atoms with Gasteiger partial charge in [0.15, 0.2) is 6.10 Å². The predicted octanol–water partition coefficient (Wildman–Crippen LogP) is 5.36. The van der Waals surface area contributed by atoms with Gasteiger partial charge in [-0.05, 0) is 34.9 Å². The number of hydroxylamine groups is 2. The molecule has 35 heavy (non-hydrogen) atoms. The average molecular weight is 463 g/mol. The summed E-state index contributed by atoms with van der Waals surface area (Å²) in [5.74, 6) is -1.60. The first-order valence-electron chi connectivity index (χ1n) is 11.1. The normalized spacial score (nSPS) is 12.7. The van der Waals surface area contributed by atoms with Gasteiger partial charge in [-0.2, -0.15) is 0 Å². The highest BCUT2D eigenvalue weighted by atomic mass is 16.7. The number of esters is 1. The smallest absolute Gasteiger partial charge is 0.339 e. The number of imide groups is 1. The Labute approximate surface area is 202 Å². The van der Waals surface area contributed by atoms with E-state index in [-0.39, 0.29) is 6.61 Å². The summed E-state index contributed by atoms with van der Waals surface area (Å²) in [4.78, 5) is 44.1. The maximum absolute atomic E-state index is 13.3. The molecule has 0 saturated heterocycles. The quantitative estimate of drug-likeness (QED) is 0.273. The molecule has 0 atom stereocenters. The largest absolute Gasteiger partial charge is 0.449 e. The Morgan fingerprint density at radius 3 is 1.71 bits per heavy atom. The Balaban J connectivity index is 1.36. The van der Waals surface area contributed by atoms with Crippen LogP contribution in [-0.4, -0.2) is 22.8 Å². The molecule has 172 valence electrons. The van der Waals surface area contributed by atoms with E-state index < -0.39 is 23.9 Å². The monoisotopic (exact) mass is 463 g/mol. The van der Waals surface area contributed by atoms with Crippen molar-refractivity contribution in [1.82, 2.24) is 5.06 Å². The Bertz CT molecular complexity index is 1310. The van der Waals surface area contributed by atoms with Gasteiger partial charge < -0.3 is 4.74 Å². The van der Waals surface area contributed by atoms with Crippen molar-refractivity contribution in [3.05, 3.63) is 143 Å². The Morgan fingerprint density at radius 1 is 0.657 bits per heavy atom. The van der Waals surface area contributed by atoms with E-state index >= 15 is 0 Å². The van der Waals surface area contributed by atoms with E-state index in [9.17, 15) is 14.4 Å². The van der Waals surface area contributed by atoms with Crippen molar-refractivity contribution in [3.63, 3.8) is 0 Å². The summed E-state index contributed by atoms with van der Waals surface area (Å²) in [7, 11) is 0. The molecule has 0 spiro atoms. The molecule has 0 aliphatic carbocycles. The van der Waals surface area contributed by atoms with Gasteiger partial charge in [-0.1, -0.05) is 91.0 Å². The number of ether oxygens (including phenoxy) is 1. The molecule has 2 amide bonds. The number of hydrogen-bond acceptors (Lipinski definition) is 5. The minimum absolute atomic E-state index is 0.155. The molecule has 6 nitrogen and oxygen atoms in total. The van der Waals surface area contributed by atoms with Crippen LogP contribution >= 0.6 is 0 Å². The van der Waals surface area contributed by atoms with E-state index in [1.54, 1.807) is 48.5 Å². The molecule has 6 heteroatoms. The van der Waals surface area contributed by atoms with Crippen LogP contribution in [0.25, 0.3) is 0 Å². The molecule has 1 aliphatic heterocycles. The van der Waals surface area contributed by atoms with Crippen molar-refractivity contribution in [3.8, 4) is 0 Å². The maximum Gasteiger partial charge on any atom is 0.339 e. The van der Waals surface area contributed by atoms with Gasteiger partial charge in [0.1, 0.15) is 6.61 Å². The minimum Gasteiger partial charge on any atom is -0.449 e. The first-order chi connectivity index (χ1) is 17.1. The summed E-state index contributed by atoms with van der Waals surface area (Å²) in [6.07, 6.45) is -0.602. The van der Waals surface area contributed by atoms with Crippen molar-refractivity contribution in [2.45, 2.75) is 12.7 Å². The second-order valence-corrected chi connectivity index (χ2v) is 7.99. The van der Waals surface area contributed by atoms with Crippen LogP contribution in [0.5, 0.6) is 0 Å². The molecule has 4 aromatic carbocycles. The number of nitrogens with zero attached hydrogens (tertiary/aromatic N) is 1. The van der Waals surface area contributed by atoms with Crippen molar-refractivity contribution in [2.75, 3.05) is 0 Å². The van der Waals surface area contributed by atoms with Crippen LogP contribution < -0.4 is 0 Å². The SMILES string of the molecule is O=C(OC(c1ccccc1)c1ccccc1)c1ccccc1CON1C(=O)c2ccccc2C1=O. The lowest BCUT2D eigenvalue weighted by atomic mass is 10.0. The third kappa shape index (κ3) is 4.47. The van der Waals surface area contributed by atoms with E-state index in [0.29, 0.717) is 22.3 Å². The molecule has 4 aromatic rings. The van der Waals surface area contributed by atoms with Crippen LogP contribution in [0.3, 0.4) is 0 Å². The summed E-state index contributed by atoms with van der Waals surface area (Å²) in [6.45, 7) is -0.155. The zero-order valence-corrected chi connectivity index (χ0v) is 18.7. The van der Waals surface area contributed by atoms with Gasteiger partial charge >= 0.3 is 5.97 Å². The van der Waals surface area contributed by atoms with Crippen molar-refractivity contribution < 1.29 is 24.0 Å². The number of amides is 2. The van der Waals surface area contributed by atoms with Crippen molar-refractivity contribution in [2.24, 2.45) is 0 Å². The van der Waals surface area contributed by atoms with Crippen molar-refractivity contribution in [1.29, 1.82) is 0 Å². The molecule has 1 aliphatic rings. The van der Waals surface area contributed by atoms with Gasteiger partial charge in [0, 0.05) is 0 Å². The Morgan fingerprint density at radius 2 is 1.14 bits per heavy atom. The fourth-order valence-corrected chi connectivity index (χ4v) is 4.02. The minimum atomic E-state index is -0.602. The lowest BCUT2D eigenvalue weighted by Gasteiger charge is -2.20. The second kappa shape index (κ2) is 9.75. The number of carbonyl (C=O) groups excluding carboxylic acids is 3. The Kier molecular flexibility index (Phi) is 6.20. The van der Waals surface area contributed by atoms with Crippen LogP contribution in [0.2, 0.25) is 0 Å². The zero-order chi connectivity index (χ0) is 24.2. The van der Waals surface area contributed by atoms with Gasteiger partial charge in [-0.3, -0.25) is 14.4 Å².